The predicted octanol–water partition coefficient (Wildman–Crippen LogP) is 3.31. The van der Waals surface area contributed by atoms with Crippen molar-refractivity contribution in [2.24, 2.45) is 17.8 Å². The molecule has 22 heavy (non-hydrogen) atoms. The third-order valence-electron chi connectivity index (χ3n) is 5.85. The lowest BCUT2D eigenvalue weighted by Gasteiger charge is -2.29. The Hall–Kier alpha value is -1.29. The number of rotatable bonds is 2. The summed E-state index contributed by atoms with van der Waals surface area (Å²) in [4.78, 5) is 14.8. The molecule has 0 aromatic rings. The second-order valence-electron chi connectivity index (χ2n) is 7.22. The molecule has 2 aliphatic carbocycles. The molecule has 5 atom stereocenters. The first-order valence-electron chi connectivity index (χ1n) is 8.50. The fraction of sp³-hybridized carbons (Fsp3) is 0.722. The molecule has 1 heterocycles. The van der Waals surface area contributed by atoms with Crippen LogP contribution in [0.15, 0.2) is 23.4 Å². The van der Waals surface area contributed by atoms with Gasteiger partial charge >= 0.3 is 6.03 Å². The molecule has 0 aromatic carbocycles. The minimum absolute atomic E-state index is 0.0380. The smallest absolute Gasteiger partial charge is 0.321 e. The Bertz CT molecular complexity index is 511. The molecule has 0 spiro atoms. The van der Waals surface area contributed by atoms with Crippen molar-refractivity contribution in [1.82, 2.24) is 10.2 Å². The van der Waals surface area contributed by atoms with Crippen molar-refractivity contribution in [3.63, 3.8) is 0 Å². The maximum atomic E-state index is 12.7. The number of hydrogen-bond donors (Lipinski definition) is 1. The zero-order valence-electron chi connectivity index (χ0n) is 14.1. The minimum atomic E-state index is -0.0380. The lowest BCUT2D eigenvalue weighted by Crippen LogP contribution is -2.45. The summed E-state index contributed by atoms with van der Waals surface area (Å²) >= 11 is 0. The molecule has 1 aliphatic heterocycles. The second-order valence-corrected chi connectivity index (χ2v) is 7.22. The van der Waals surface area contributed by atoms with E-state index in [4.69, 9.17) is 4.74 Å². The van der Waals surface area contributed by atoms with Crippen LogP contribution in [0.1, 0.15) is 40.0 Å². The molecular formula is C18H28N2O2. The summed E-state index contributed by atoms with van der Waals surface area (Å²) in [5.41, 5.74) is 2.08. The zero-order valence-corrected chi connectivity index (χ0v) is 14.1. The summed E-state index contributed by atoms with van der Waals surface area (Å²) in [5, 5.41) is 3.11. The van der Waals surface area contributed by atoms with Gasteiger partial charge in [-0.1, -0.05) is 25.0 Å². The first-order chi connectivity index (χ1) is 10.5. The number of ether oxygens (including phenoxy) is 1. The quantitative estimate of drug-likeness (QED) is 0.850. The Morgan fingerprint density at radius 1 is 1.36 bits per heavy atom. The van der Waals surface area contributed by atoms with E-state index in [1.54, 1.807) is 7.11 Å². The topological polar surface area (TPSA) is 41.6 Å². The van der Waals surface area contributed by atoms with Crippen LogP contribution in [0.5, 0.6) is 0 Å². The van der Waals surface area contributed by atoms with Gasteiger partial charge in [0.05, 0.1) is 0 Å². The van der Waals surface area contributed by atoms with Gasteiger partial charge in [0.15, 0.2) is 0 Å². The number of hydrogen-bond acceptors (Lipinski definition) is 2. The molecule has 2 amide bonds. The molecule has 3 aliphatic rings. The number of amides is 2. The average Bonchev–Trinajstić information content (AvgIpc) is 3.00. The van der Waals surface area contributed by atoms with E-state index in [9.17, 15) is 4.79 Å². The molecule has 4 nitrogen and oxygen atoms in total. The highest BCUT2D eigenvalue weighted by Gasteiger charge is 2.47. The van der Waals surface area contributed by atoms with Gasteiger partial charge in [-0.15, -0.1) is 0 Å². The number of allylic oxidation sites excluding steroid dienone is 2. The maximum absolute atomic E-state index is 12.7. The van der Waals surface area contributed by atoms with Crippen molar-refractivity contribution in [1.29, 1.82) is 0 Å². The van der Waals surface area contributed by atoms with Gasteiger partial charge in [-0.2, -0.15) is 0 Å². The second kappa shape index (κ2) is 6.07. The molecule has 4 unspecified atom stereocenters. The highest BCUT2D eigenvalue weighted by molar-refractivity contribution is 5.77. The maximum Gasteiger partial charge on any atom is 0.321 e. The van der Waals surface area contributed by atoms with Gasteiger partial charge in [0, 0.05) is 25.4 Å². The fourth-order valence-electron chi connectivity index (χ4n) is 4.66. The molecule has 1 N–H and O–H groups in total. The van der Waals surface area contributed by atoms with E-state index in [1.807, 2.05) is 11.0 Å². The van der Waals surface area contributed by atoms with Crippen molar-refractivity contribution in [3.05, 3.63) is 23.4 Å². The summed E-state index contributed by atoms with van der Waals surface area (Å²) < 4.78 is 5.49. The van der Waals surface area contributed by atoms with Crippen LogP contribution in [0.3, 0.4) is 0 Å². The van der Waals surface area contributed by atoms with Crippen LogP contribution < -0.4 is 5.32 Å². The molecule has 0 bridgehead atoms. The van der Waals surface area contributed by atoms with E-state index in [-0.39, 0.29) is 12.1 Å². The molecule has 3 rings (SSSR count). The number of methoxy groups -OCH3 is 1. The number of fused-ring (bicyclic) bond motifs is 1. The van der Waals surface area contributed by atoms with Crippen LogP contribution in [-0.4, -0.2) is 36.7 Å². The van der Waals surface area contributed by atoms with E-state index < -0.39 is 0 Å². The average molecular weight is 304 g/mol. The molecule has 122 valence electrons. The minimum Gasteiger partial charge on any atom is -0.375 e. The van der Waals surface area contributed by atoms with E-state index in [0.29, 0.717) is 17.9 Å². The summed E-state index contributed by atoms with van der Waals surface area (Å²) in [7, 11) is 1.70. The van der Waals surface area contributed by atoms with Crippen molar-refractivity contribution in [3.8, 4) is 0 Å². The molecule has 2 fully saturated rings. The highest BCUT2D eigenvalue weighted by atomic mass is 16.5. The van der Waals surface area contributed by atoms with Gasteiger partial charge in [0.1, 0.15) is 6.10 Å². The SMILES string of the molecule is COC1CC=C(C)C=C1NC(=O)N1CC2CCC(C)[C@@H]2C1C. The number of carbonyl (C=O) groups is 1. The summed E-state index contributed by atoms with van der Waals surface area (Å²) in [6.07, 6.45) is 7.55. The third kappa shape index (κ3) is 2.69. The van der Waals surface area contributed by atoms with Crippen molar-refractivity contribution in [2.75, 3.05) is 13.7 Å². The van der Waals surface area contributed by atoms with Crippen LogP contribution in [0.25, 0.3) is 0 Å². The van der Waals surface area contributed by atoms with Gasteiger partial charge < -0.3 is 15.0 Å². The van der Waals surface area contributed by atoms with E-state index in [0.717, 1.165) is 24.6 Å². The van der Waals surface area contributed by atoms with Gasteiger partial charge in [-0.3, -0.25) is 0 Å². The van der Waals surface area contributed by atoms with Crippen LogP contribution >= 0.6 is 0 Å². The Labute approximate surface area is 133 Å². The summed E-state index contributed by atoms with van der Waals surface area (Å²) in [5.74, 6) is 2.10. The third-order valence-corrected chi connectivity index (χ3v) is 5.85. The van der Waals surface area contributed by atoms with Crippen molar-refractivity contribution >= 4 is 6.03 Å². The van der Waals surface area contributed by atoms with Crippen LogP contribution in [0.2, 0.25) is 0 Å². The predicted molar refractivity (Wildman–Crippen MR) is 87.3 cm³/mol. The van der Waals surface area contributed by atoms with Crippen LogP contribution in [0.4, 0.5) is 4.79 Å². The number of nitrogens with zero attached hydrogens (tertiary/aromatic N) is 1. The molecule has 1 saturated heterocycles. The van der Waals surface area contributed by atoms with Gasteiger partial charge in [0.2, 0.25) is 0 Å². The Balaban J connectivity index is 1.69. The first kappa shape index (κ1) is 15.6. The van der Waals surface area contributed by atoms with Gasteiger partial charge in [-0.25, -0.2) is 4.79 Å². The molecule has 4 heteroatoms. The monoisotopic (exact) mass is 304 g/mol. The van der Waals surface area contributed by atoms with E-state index >= 15 is 0 Å². The van der Waals surface area contributed by atoms with E-state index in [2.05, 4.69) is 32.2 Å². The number of urea groups is 1. The fourth-order valence-corrected chi connectivity index (χ4v) is 4.66. The molecule has 0 radical (unpaired) electrons. The van der Waals surface area contributed by atoms with Crippen molar-refractivity contribution < 1.29 is 9.53 Å². The van der Waals surface area contributed by atoms with E-state index in [1.165, 1.54) is 18.4 Å². The number of likely N-dealkylation sites (tertiary alicyclic amines) is 1. The molecular weight excluding hydrogens is 276 g/mol. The lowest BCUT2D eigenvalue weighted by molar-refractivity contribution is 0.124. The lowest BCUT2D eigenvalue weighted by atomic mass is 9.88. The molecule has 1 saturated carbocycles. The van der Waals surface area contributed by atoms with Gasteiger partial charge in [-0.05, 0) is 50.5 Å². The standard InChI is InChI=1S/C18H28N2O2/c1-11-5-8-16(22-4)15(9-11)19-18(21)20-10-14-7-6-12(2)17(14)13(20)3/h5,9,12-14,16-17H,6-8,10H2,1-4H3,(H,19,21)/t12?,13?,14?,16?,17-/m1/s1. The van der Waals surface area contributed by atoms with Crippen LogP contribution in [-0.2, 0) is 4.74 Å². The number of carbonyl (C=O) groups excluding carboxylic acids is 1. The largest absolute Gasteiger partial charge is 0.375 e. The number of nitrogens with one attached hydrogen (secondary N) is 1. The normalized spacial score (nSPS) is 37.6. The Morgan fingerprint density at radius 2 is 2.14 bits per heavy atom. The Morgan fingerprint density at radius 3 is 2.82 bits per heavy atom. The van der Waals surface area contributed by atoms with Gasteiger partial charge in [0.25, 0.3) is 0 Å². The highest BCUT2D eigenvalue weighted by Crippen LogP contribution is 2.45. The first-order valence-corrected chi connectivity index (χ1v) is 8.50. The Kier molecular flexibility index (Phi) is 4.31. The summed E-state index contributed by atoms with van der Waals surface area (Å²) in [6, 6.07) is 0.376. The molecule has 0 aromatic heterocycles. The van der Waals surface area contributed by atoms with Crippen LogP contribution in [0, 0.1) is 17.8 Å². The summed E-state index contributed by atoms with van der Waals surface area (Å²) in [6.45, 7) is 7.51. The van der Waals surface area contributed by atoms with Crippen molar-refractivity contribution in [2.45, 2.75) is 52.2 Å². The zero-order chi connectivity index (χ0) is 15.9.